The molecule has 0 bridgehead atoms. The van der Waals surface area contributed by atoms with Crippen molar-refractivity contribution >= 4 is 11.9 Å². The van der Waals surface area contributed by atoms with Crippen molar-refractivity contribution in [1.82, 2.24) is 10.3 Å². The molecule has 3 N–H and O–H groups in total. The summed E-state index contributed by atoms with van der Waals surface area (Å²) in [5.74, 6) is -2.23. The topological polar surface area (TPSA) is 109 Å². The number of aromatic nitrogens is 1. The summed E-state index contributed by atoms with van der Waals surface area (Å²) < 4.78 is 4.66. The fraction of sp³-hybridized carbons (Fsp3) is 0.300. The van der Waals surface area contributed by atoms with E-state index in [2.05, 4.69) is 15.0 Å². The van der Waals surface area contributed by atoms with Crippen LogP contribution in [0.15, 0.2) is 18.5 Å². The largest absolute Gasteiger partial charge is 0.505 e. The quantitative estimate of drug-likeness (QED) is 0.647. The second-order valence-corrected chi connectivity index (χ2v) is 3.21. The van der Waals surface area contributed by atoms with Gasteiger partial charge in [-0.05, 0) is 6.07 Å². The maximum Gasteiger partial charge on any atom is 0.328 e. The fourth-order valence-electron chi connectivity index (χ4n) is 1.16. The smallest absolute Gasteiger partial charge is 0.328 e. The lowest BCUT2D eigenvalue weighted by Crippen LogP contribution is -2.43. The van der Waals surface area contributed by atoms with Gasteiger partial charge in [0.25, 0.3) is 5.91 Å². The number of carboxylic acid groups (broad SMARTS) is 1. The van der Waals surface area contributed by atoms with Gasteiger partial charge < -0.3 is 20.3 Å². The number of carbonyl (C=O) groups excluding carboxylic acids is 1. The van der Waals surface area contributed by atoms with Crippen LogP contribution in [0.4, 0.5) is 0 Å². The molecule has 0 aromatic carbocycles. The summed E-state index contributed by atoms with van der Waals surface area (Å²) in [5, 5.41) is 20.4. The summed E-state index contributed by atoms with van der Waals surface area (Å²) in [7, 11) is 1.33. The number of hydrogen-bond acceptors (Lipinski definition) is 5. The van der Waals surface area contributed by atoms with Gasteiger partial charge in [-0.1, -0.05) is 0 Å². The first-order chi connectivity index (χ1) is 8.06. The Kier molecular flexibility index (Phi) is 4.41. The molecular weight excluding hydrogens is 228 g/mol. The van der Waals surface area contributed by atoms with Crippen LogP contribution in [0.3, 0.4) is 0 Å². The van der Waals surface area contributed by atoms with Gasteiger partial charge >= 0.3 is 5.97 Å². The van der Waals surface area contributed by atoms with Crippen LogP contribution in [0.5, 0.6) is 5.75 Å². The van der Waals surface area contributed by atoms with Crippen molar-refractivity contribution in [1.29, 1.82) is 0 Å². The molecule has 0 aliphatic rings. The first kappa shape index (κ1) is 12.9. The minimum Gasteiger partial charge on any atom is -0.505 e. The molecule has 1 aromatic rings. The molecule has 0 radical (unpaired) electrons. The third-order valence-corrected chi connectivity index (χ3v) is 1.98. The Balaban J connectivity index is 2.77. The number of carboxylic acids is 1. The first-order valence-electron chi connectivity index (χ1n) is 4.72. The summed E-state index contributed by atoms with van der Waals surface area (Å²) in [4.78, 5) is 26.0. The standard InChI is InChI=1S/C10H12N2O5/c1-17-5-7(10(15)16)12-9(14)6-2-3-11-4-8(6)13/h2-4,7,13H,5H2,1H3,(H,12,14)(H,15,16). The lowest BCUT2D eigenvalue weighted by atomic mass is 10.2. The number of amides is 1. The molecule has 0 aliphatic carbocycles. The zero-order valence-electron chi connectivity index (χ0n) is 9.08. The minimum atomic E-state index is -1.21. The van der Waals surface area contributed by atoms with E-state index in [1.807, 2.05) is 0 Å². The van der Waals surface area contributed by atoms with E-state index in [9.17, 15) is 14.7 Å². The highest BCUT2D eigenvalue weighted by atomic mass is 16.5. The van der Waals surface area contributed by atoms with E-state index < -0.39 is 17.9 Å². The van der Waals surface area contributed by atoms with E-state index in [4.69, 9.17) is 5.11 Å². The van der Waals surface area contributed by atoms with Crippen molar-refractivity contribution in [2.45, 2.75) is 6.04 Å². The third-order valence-electron chi connectivity index (χ3n) is 1.98. The highest BCUT2D eigenvalue weighted by molar-refractivity contribution is 5.98. The first-order valence-corrected chi connectivity index (χ1v) is 4.72. The van der Waals surface area contributed by atoms with Crippen LogP contribution in [-0.4, -0.2) is 46.8 Å². The predicted molar refractivity (Wildman–Crippen MR) is 56.7 cm³/mol. The van der Waals surface area contributed by atoms with E-state index in [1.165, 1.54) is 19.4 Å². The van der Waals surface area contributed by atoms with Gasteiger partial charge in [0.05, 0.1) is 18.4 Å². The molecule has 92 valence electrons. The number of nitrogens with one attached hydrogen (secondary N) is 1. The number of ether oxygens (including phenoxy) is 1. The van der Waals surface area contributed by atoms with Crippen LogP contribution in [-0.2, 0) is 9.53 Å². The summed E-state index contributed by atoms with van der Waals surface area (Å²) in [6, 6.07) is 0.121. The molecule has 1 atom stereocenters. The third kappa shape index (κ3) is 3.42. The van der Waals surface area contributed by atoms with Crippen molar-refractivity contribution in [3.8, 4) is 5.75 Å². The highest BCUT2D eigenvalue weighted by Gasteiger charge is 2.21. The Morgan fingerprint density at radius 2 is 2.29 bits per heavy atom. The van der Waals surface area contributed by atoms with Gasteiger partial charge in [0.15, 0.2) is 6.04 Å². The van der Waals surface area contributed by atoms with E-state index in [0.717, 1.165) is 6.20 Å². The Labute approximate surface area is 97.1 Å². The van der Waals surface area contributed by atoms with Crippen molar-refractivity contribution in [2.75, 3.05) is 13.7 Å². The van der Waals surface area contributed by atoms with E-state index in [-0.39, 0.29) is 17.9 Å². The number of pyridine rings is 1. The molecule has 1 rings (SSSR count). The van der Waals surface area contributed by atoms with Gasteiger partial charge in [0.1, 0.15) is 5.75 Å². The van der Waals surface area contributed by atoms with Gasteiger partial charge in [0, 0.05) is 13.3 Å². The van der Waals surface area contributed by atoms with Crippen molar-refractivity contribution in [3.63, 3.8) is 0 Å². The van der Waals surface area contributed by atoms with Crippen LogP contribution >= 0.6 is 0 Å². The van der Waals surface area contributed by atoms with Crippen LogP contribution in [0.2, 0.25) is 0 Å². The Morgan fingerprint density at radius 3 is 2.82 bits per heavy atom. The lowest BCUT2D eigenvalue weighted by Gasteiger charge is -2.13. The summed E-state index contributed by atoms with van der Waals surface area (Å²) in [6.45, 7) is -0.160. The van der Waals surface area contributed by atoms with Crippen LogP contribution in [0.25, 0.3) is 0 Å². The Morgan fingerprint density at radius 1 is 1.59 bits per heavy atom. The number of aromatic hydroxyl groups is 1. The fourth-order valence-corrected chi connectivity index (χ4v) is 1.16. The van der Waals surface area contributed by atoms with Gasteiger partial charge in [-0.15, -0.1) is 0 Å². The second kappa shape index (κ2) is 5.80. The number of carbonyl (C=O) groups is 2. The molecule has 1 amide bonds. The van der Waals surface area contributed by atoms with Crippen molar-refractivity contribution in [3.05, 3.63) is 24.0 Å². The molecule has 0 saturated carbocycles. The number of rotatable bonds is 5. The molecule has 7 nitrogen and oxygen atoms in total. The van der Waals surface area contributed by atoms with Crippen LogP contribution in [0.1, 0.15) is 10.4 Å². The monoisotopic (exact) mass is 240 g/mol. The minimum absolute atomic E-state index is 0.0395. The summed E-state index contributed by atoms with van der Waals surface area (Å²) in [5.41, 5.74) is -0.0395. The molecule has 1 unspecified atom stereocenters. The molecule has 7 heteroatoms. The average Bonchev–Trinajstić information content (AvgIpc) is 2.28. The number of methoxy groups -OCH3 is 1. The van der Waals surface area contributed by atoms with E-state index in [1.54, 1.807) is 0 Å². The van der Waals surface area contributed by atoms with Gasteiger partial charge in [-0.2, -0.15) is 0 Å². The van der Waals surface area contributed by atoms with Gasteiger partial charge in [0.2, 0.25) is 0 Å². The molecule has 0 aliphatic heterocycles. The molecule has 0 fully saturated rings. The molecule has 1 heterocycles. The van der Waals surface area contributed by atoms with Gasteiger partial charge in [-0.3, -0.25) is 9.78 Å². The number of nitrogens with zero attached hydrogens (tertiary/aromatic N) is 1. The Hall–Kier alpha value is -2.15. The second-order valence-electron chi connectivity index (χ2n) is 3.21. The van der Waals surface area contributed by atoms with Crippen LogP contribution in [0, 0.1) is 0 Å². The predicted octanol–water partition coefficient (Wildman–Crippen LogP) is -0.383. The normalized spacial score (nSPS) is 11.8. The Bertz CT molecular complexity index is 421. The number of hydrogen-bond donors (Lipinski definition) is 3. The molecule has 1 aromatic heterocycles. The van der Waals surface area contributed by atoms with Crippen molar-refractivity contribution in [2.24, 2.45) is 0 Å². The number of aliphatic carboxylic acids is 1. The molecular formula is C10H12N2O5. The highest BCUT2D eigenvalue weighted by Crippen LogP contribution is 2.13. The summed E-state index contributed by atoms with van der Waals surface area (Å²) in [6.07, 6.45) is 2.42. The van der Waals surface area contributed by atoms with E-state index >= 15 is 0 Å². The van der Waals surface area contributed by atoms with E-state index in [0.29, 0.717) is 0 Å². The van der Waals surface area contributed by atoms with Crippen molar-refractivity contribution < 1.29 is 24.5 Å². The zero-order chi connectivity index (χ0) is 12.8. The SMILES string of the molecule is COCC(NC(=O)c1ccncc1O)C(=O)O. The molecule has 17 heavy (non-hydrogen) atoms. The van der Waals surface area contributed by atoms with Gasteiger partial charge in [-0.25, -0.2) is 4.79 Å². The summed E-state index contributed by atoms with van der Waals surface area (Å²) >= 11 is 0. The molecule has 0 spiro atoms. The average molecular weight is 240 g/mol. The zero-order valence-corrected chi connectivity index (χ0v) is 9.08. The molecule has 0 saturated heterocycles. The maximum absolute atomic E-state index is 11.6. The lowest BCUT2D eigenvalue weighted by molar-refractivity contribution is -0.140. The maximum atomic E-state index is 11.6. The van der Waals surface area contributed by atoms with Crippen LogP contribution < -0.4 is 5.32 Å².